The molecule has 1 aliphatic heterocycles. The van der Waals surface area contributed by atoms with Gasteiger partial charge in [-0.15, -0.1) is 0 Å². The van der Waals surface area contributed by atoms with Gasteiger partial charge in [0, 0.05) is 28.5 Å². The first-order valence-corrected chi connectivity index (χ1v) is 10.5. The van der Waals surface area contributed by atoms with Gasteiger partial charge in [-0.25, -0.2) is 4.79 Å². The Balaban J connectivity index is 1.34. The van der Waals surface area contributed by atoms with E-state index >= 15 is 0 Å². The summed E-state index contributed by atoms with van der Waals surface area (Å²) in [5, 5.41) is 5.19. The van der Waals surface area contributed by atoms with Crippen molar-refractivity contribution < 1.29 is 14.4 Å². The number of aromatic amines is 1. The zero-order valence-corrected chi connectivity index (χ0v) is 17.8. The maximum absolute atomic E-state index is 12.9. The topological polar surface area (TPSA) is 94.3 Å². The molecule has 1 atom stereocenters. The van der Waals surface area contributed by atoms with Crippen LogP contribution >= 0.6 is 11.6 Å². The molecule has 8 heteroatoms. The number of hydrogen-bond donors (Lipinski definition) is 3. The van der Waals surface area contributed by atoms with Crippen LogP contribution in [0.15, 0.2) is 54.7 Å². The van der Waals surface area contributed by atoms with Crippen molar-refractivity contribution in [3.63, 3.8) is 0 Å². The van der Waals surface area contributed by atoms with Crippen molar-refractivity contribution in [2.45, 2.75) is 38.1 Å². The molecule has 0 radical (unpaired) electrons. The molecule has 1 aromatic heterocycles. The second-order valence-electron chi connectivity index (χ2n) is 7.92. The van der Waals surface area contributed by atoms with Gasteiger partial charge in [0.1, 0.15) is 5.54 Å². The quantitative estimate of drug-likeness (QED) is 0.490. The highest BCUT2D eigenvalue weighted by molar-refractivity contribution is 6.30. The van der Waals surface area contributed by atoms with Crippen LogP contribution in [0.2, 0.25) is 5.02 Å². The van der Waals surface area contributed by atoms with Gasteiger partial charge in [0.05, 0.1) is 0 Å². The molecule has 4 rings (SSSR count). The van der Waals surface area contributed by atoms with Crippen LogP contribution in [0.25, 0.3) is 10.9 Å². The van der Waals surface area contributed by atoms with Gasteiger partial charge in [-0.2, -0.15) is 5.01 Å². The normalized spacial score (nSPS) is 18.5. The van der Waals surface area contributed by atoms with E-state index in [9.17, 15) is 14.4 Å². The zero-order chi connectivity index (χ0) is 22.0. The van der Waals surface area contributed by atoms with Crippen molar-refractivity contribution in [1.82, 2.24) is 20.7 Å². The van der Waals surface area contributed by atoms with Crippen molar-refractivity contribution in [3.05, 3.63) is 70.9 Å². The number of aromatic nitrogens is 1. The summed E-state index contributed by atoms with van der Waals surface area (Å²) in [6.07, 6.45) is 3.51. The van der Waals surface area contributed by atoms with Crippen molar-refractivity contribution in [2.24, 2.45) is 0 Å². The summed E-state index contributed by atoms with van der Waals surface area (Å²) in [6, 6.07) is 14.6. The summed E-state index contributed by atoms with van der Waals surface area (Å²) < 4.78 is 0. The maximum atomic E-state index is 12.9. The van der Waals surface area contributed by atoms with E-state index in [1.54, 1.807) is 19.1 Å². The van der Waals surface area contributed by atoms with Crippen LogP contribution in [0.4, 0.5) is 4.79 Å². The first-order chi connectivity index (χ1) is 14.9. The number of carbonyl (C=O) groups excluding carboxylic acids is 3. The molecular weight excluding hydrogens is 416 g/mol. The number of nitrogens with zero attached hydrogens (tertiary/aromatic N) is 1. The molecule has 0 saturated carbocycles. The van der Waals surface area contributed by atoms with Gasteiger partial charge < -0.3 is 10.3 Å². The van der Waals surface area contributed by atoms with E-state index in [4.69, 9.17) is 11.6 Å². The fourth-order valence-corrected chi connectivity index (χ4v) is 3.89. The van der Waals surface area contributed by atoms with Crippen LogP contribution in [0.3, 0.4) is 0 Å². The molecule has 7 nitrogen and oxygen atoms in total. The molecule has 160 valence electrons. The number of benzene rings is 2. The minimum atomic E-state index is -1.08. The molecule has 3 aromatic rings. The lowest BCUT2D eigenvalue weighted by molar-refractivity contribution is -0.138. The van der Waals surface area contributed by atoms with Gasteiger partial charge in [-0.05, 0) is 55.5 Å². The van der Waals surface area contributed by atoms with Crippen LogP contribution in [0.5, 0.6) is 0 Å². The predicted octanol–water partition coefficient (Wildman–Crippen LogP) is 3.73. The Hall–Kier alpha value is -3.32. The highest BCUT2D eigenvalue weighted by Crippen LogP contribution is 2.23. The highest BCUT2D eigenvalue weighted by Gasteiger charge is 2.48. The zero-order valence-electron chi connectivity index (χ0n) is 17.1. The number of fused-ring (bicyclic) bond motifs is 1. The van der Waals surface area contributed by atoms with Crippen LogP contribution in [-0.2, 0) is 22.4 Å². The average molecular weight is 439 g/mol. The van der Waals surface area contributed by atoms with E-state index in [1.807, 2.05) is 42.6 Å². The van der Waals surface area contributed by atoms with Gasteiger partial charge >= 0.3 is 6.03 Å². The number of H-pyrrole nitrogens is 1. The Bertz CT molecular complexity index is 1140. The van der Waals surface area contributed by atoms with Crippen molar-refractivity contribution in [1.29, 1.82) is 0 Å². The Kier molecular flexibility index (Phi) is 5.69. The van der Waals surface area contributed by atoms with Gasteiger partial charge in [0.25, 0.3) is 5.91 Å². The summed E-state index contributed by atoms with van der Waals surface area (Å²) in [7, 11) is 0. The van der Waals surface area contributed by atoms with Gasteiger partial charge in [-0.1, -0.05) is 41.9 Å². The standard InChI is InChI=1S/C23H23ClN4O3/c1-23(13-12-15-6-9-17(24)10-7-15)21(30)28(22(31)26-23)27-20(29)11-8-16-14-25-19-5-3-2-4-18(16)19/h2-7,9-10,14,25H,8,11-13H2,1H3,(H,26,31)(H,27,29). The highest BCUT2D eigenvalue weighted by atomic mass is 35.5. The Labute approximate surface area is 184 Å². The molecule has 1 aliphatic rings. The molecule has 1 unspecified atom stereocenters. The molecular formula is C23H23ClN4O3. The number of imide groups is 1. The second kappa shape index (κ2) is 8.43. The Morgan fingerprint density at radius 3 is 2.61 bits per heavy atom. The minimum absolute atomic E-state index is 0.153. The first kappa shape index (κ1) is 20.9. The number of hydrazine groups is 1. The van der Waals surface area contributed by atoms with E-state index in [-0.39, 0.29) is 6.42 Å². The lowest BCUT2D eigenvalue weighted by Gasteiger charge is -2.21. The number of para-hydroxylation sites is 1. The van der Waals surface area contributed by atoms with E-state index in [1.165, 1.54) is 0 Å². The predicted molar refractivity (Wildman–Crippen MR) is 118 cm³/mol. The lowest BCUT2D eigenvalue weighted by Crippen LogP contribution is -2.49. The van der Waals surface area contributed by atoms with E-state index < -0.39 is 23.4 Å². The summed E-state index contributed by atoms with van der Waals surface area (Å²) in [5.74, 6) is -0.859. The lowest BCUT2D eigenvalue weighted by atomic mass is 9.93. The number of urea groups is 1. The molecule has 31 heavy (non-hydrogen) atoms. The number of halogens is 1. The summed E-state index contributed by atoms with van der Waals surface area (Å²) in [4.78, 5) is 40.8. The summed E-state index contributed by atoms with van der Waals surface area (Å²) in [5.41, 5.74) is 4.39. The van der Waals surface area contributed by atoms with Crippen molar-refractivity contribution in [3.8, 4) is 0 Å². The van der Waals surface area contributed by atoms with Gasteiger partial charge in [0.2, 0.25) is 5.91 Å². The van der Waals surface area contributed by atoms with E-state index in [0.717, 1.165) is 27.0 Å². The van der Waals surface area contributed by atoms with Crippen LogP contribution < -0.4 is 10.7 Å². The fourth-order valence-electron chi connectivity index (χ4n) is 3.77. The fraction of sp³-hybridized carbons (Fsp3) is 0.261. The van der Waals surface area contributed by atoms with Crippen LogP contribution in [0, 0.1) is 0 Å². The number of hydrogen-bond acceptors (Lipinski definition) is 3. The van der Waals surface area contributed by atoms with Crippen LogP contribution in [-0.4, -0.2) is 33.4 Å². The number of aryl methyl sites for hydroxylation is 2. The number of carbonyl (C=O) groups is 3. The van der Waals surface area contributed by atoms with Gasteiger partial charge in [0.15, 0.2) is 0 Å². The number of nitrogens with one attached hydrogen (secondary N) is 3. The molecule has 0 spiro atoms. The third-order valence-corrected chi connectivity index (χ3v) is 5.87. The molecule has 2 aromatic carbocycles. The third kappa shape index (κ3) is 4.41. The molecule has 1 saturated heterocycles. The monoisotopic (exact) mass is 438 g/mol. The number of amides is 4. The summed E-state index contributed by atoms with van der Waals surface area (Å²) in [6.45, 7) is 1.67. The van der Waals surface area contributed by atoms with E-state index in [0.29, 0.717) is 24.3 Å². The largest absolute Gasteiger partial charge is 0.361 e. The number of rotatable bonds is 7. The SMILES string of the molecule is CC1(CCc2ccc(Cl)cc2)NC(=O)N(NC(=O)CCc2c[nH]c3ccccc23)C1=O. The molecule has 4 amide bonds. The van der Waals surface area contributed by atoms with Gasteiger partial charge in [-0.3, -0.25) is 15.0 Å². The molecule has 0 bridgehead atoms. The Morgan fingerprint density at radius 1 is 1.10 bits per heavy atom. The average Bonchev–Trinajstić information content (AvgIpc) is 3.26. The second-order valence-corrected chi connectivity index (χ2v) is 8.36. The first-order valence-electron chi connectivity index (χ1n) is 10.1. The molecule has 2 heterocycles. The molecule has 0 aliphatic carbocycles. The smallest absolute Gasteiger partial charge is 0.344 e. The van der Waals surface area contributed by atoms with E-state index in [2.05, 4.69) is 15.7 Å². The molecule has 1 fully saturated rings. The van der Waals surface area contributed by atoms with Crippen molar-refractivity contribution in [2.75, 3.05) is 0 Å². The third-order valence-electron chi connectivity index (χ3n) is 5.62. The van der Waals surface area contributed by atoms with Crippen LogP contribution in [0.1, 0.15) is 30.9 Å². The maximum Gasteiger partial charge on any atom is 0.344 e. The minimum Gasteiger partial charge on any atom is -0.361 e. The summed E-state index contributed by atoms with van der Waals surface area (Å²) >= 11 is 5.90. The molecule has 3 N–H and O–H groups in total. The Morgan fingerprint density at radius 2 is 1.84 bits per heavy atom. The van der Waals surface area contributed by atoms with Crippen molar-refractivity contribution >= 4 is 40.3 Å².